The van der Waals surface area contributed by atoms with Crippen LogP contribution in [0.3, 0.4) is 0 Å². The Morgan fingerprint density at radius 2 is 1.50 bits per heavy atom. The van der Waals surface area contributed by atoms with E-state index in [9.17, 15) is 10.2 Å². The van der Waals surface area contributed by atoms with E-state index in [0.717, 1.165) is 0 Å². The summed E-state index contributed by atoms with van der Waals surface area (Å²) in [6.07, 6.45) is -0.575. The van der Waals surface area contributed by atoms with E-state index in [1.807, 2.05) is 25.8 Å². The number of aliphatic hydroxyl groups excluding tert-OH is 2. The van der Waals surface area contributed by atoms with Crippen molar-refractivity contribution in [3.05, 3.63) is 0 Å². The zero-order valence-electron chi connectivity index (χ0n) is 10.1. The summed E-state index contributed by atoms with van der Waals surface area (Å²) >= 11 is 0. The van der Waals surface area contributed by atoms with Gasteiger partial charge >= 0.3 is 0 Å². The van der Waals surface area contributed by atoms with E-state index in [1.54, 1.807) is 0 Å². The molecule has 0 aromatic heterocycles. The highest BCUT2D eigenvalue weighted by Crippen LogP contribution is 2.09. The van der Waals surface area contributed by atoms with Gasteiger partial charge in [-0.15, -0.1) is 0 Å². The lowest BCUT2D eigenvalue weighted by Gasteiger charge is -2.27. The molecule has 3 heteroatoms. The summed E-state index contributed by atoms with van der Waals surface area (Å²) in [6, 6.07) is 0.399. The predicted octanol–water partition coefficient (Wildman–Crippen LogP) is 1.09. The molecule has 0 aromatic carbocycles. The van der Waals surface area contributed by atoms with Gasteiger partial charge in [-0.1, -0.05) is 13.8 Å². The summed E-state index contributed by atoms with van der Waals surface area (Å²) in [5.74, 6) is 0.420. The second kappa shape index (κ2) is 6.38. The van der Waals surface area contributed by atoms with Gasteiger partial charge < -0.3 is 15.1 Å². The van der Waals surface area contributed by atoms with Crippen molar-refractivity contribution in [2.75, 3.05) is 13.6 Å². The van der Waals surface area contributed by atoms with E-state index in [1.165, 1.54) is 0 Å². The molecule has 0 bridgehead atoms. The highest BCUT2D eigenvalue weighted by molar-refractivity contribution is 4.72. The lowest BCUT2D eigenvalue weighted by atomic mass is 10.0. The average Bonchev–Trinajstić information content (AvgIpc) is 2.02. The van der Waals surface area contributed by atoms with Crippen LogP contribution in [0.2, 0.25) is 0 Å². The van der Waals surface area contributed by atoms with Crippen molar-refractivity contribution in [1.82, 2.24) is 4.90 Å². The maximum atomic E-state index is 9.69. The molecule has 0 unspecified atom stereocenters. The van der Waals surface area contributed by atoms with E-state index < -0.39 is 12.2 Å². The number of rotatable bonds is 6. The summed E-state index contributed by atoms with van der Waals surface area (Å²) in [7, 11) is 1.95. The Morgan fingerprint density at radius 1 is 1.00 bits per heavy atom. The van der Waals surface area contributed by atoms with Crippen molar-refractivity contribution in [3.8, 4) is 0 Å². The van der Waals surface area contributed by atoms with Crippen LogP contribution in [0.1, 0.15) is 34.1 Å². The van der Waals surface area contributed by atoms with Gasteiger partial charge in [-0.05, 0) is 33.2 Å². The lowest BCUT2D eigenvalue weighted by Crippen LogP contribution is -2.40. The third kappa shape index (κ3) is 5.58. The van der Waals surface area contributed by atoms with Gasteiger partial charge in [-0.25, -0.2) is 0 Å². The molecule has 3 nitrogen and oxygen atoms in total. The van der Waals surface area contributed by atoms with Gasteiger partial charge in [0.15, 0.2) is 0 Å². The van der Waals surface area contributed by atoms with Gasteiger partial charge in [-0.2, -0.15) is 0 Å². The molecule has 2 N–H and O–H groups in total. The molecule has 0 fully saturated rings. The fraction of sp³-hybridized carbons (Fsp3) is 1.00. The van der Waals surface area contributed by atoms with Crippen LogP contribution in [0.4, 0.5) is 0 Å². The Balaban J connectivity index is 3.88. The molecule has 0 amide bonds. The maximum Gasteiger partial charge on any atom is 0.0925 e. The minimum atomic E-state index is -0.634. The SMILES string of the molecule is CC(C)C[C@@H](O)[C@H](O)CN(C)C(C)C. The molecule has 86 valence electrons. The largest absolute Gasteiger partial charge is 0.390 e. The summed E-state index contributed by atoms with van der Waals surface area (Å²) in [4.78, 5) is 2.04. The van der Waals surface area contributed by atoms with E-state index in [0.29, 0.717) is 24.9 Å². The van der Waals surface area contributed by atoms with E-state index in [4.69, 9.17) is 0 Å². The molecule has 0 spiro atoms. The molecule has 0 saturated carbocycles. The average molecular weight is 203 g/mol. The van der Waals surface area contributed by atoms with Crippen LogP contribution in [-0.2, 0) is 0 Å². The highest BCUT2D eigenvalue weighted by atomic mass is 16.3. The Kier molecular flexibility index (Phi) is 6.33. The first kappa shape index (κ1) is 13.9. The van der Waals surface area contributed by atoms with Crippen molar-refractivity contribution >= 4 is 0 Å². The molecule has 0 aliphatic heterocycles. The van der Waals surface area contributed by atoms with Crippen LogP contribution in [0.5, 0.6) is 0 Å². The summed E-state index contributed by atoms with van der Waals surface area (Å²) in [5.41, 5.74) is 0. The van der Waals surface area contributed by atoms with Crippen molar-refractivity contribution < 1.29 is 10.2 Å². The van der Waals surface area contributed by atoms with Gasteiger partial charge in [0.05, 0.1) is 12.2 Å². The third-order valence-corrected chi connectivity index (χ3v) is 2.51. The van der Waals surface area contributed by atoms with Crippen LogP contribution >= 0.6 is 0 Å². The minimum Gasteiger partial charge on any atom is -0.390 e. The number of aliphatic hydroxyl groups is 2. The third-order valence-electron chi connectivity index (χ3n) is 2.51. The van der Waals surface area contributed by atoms with Gasteiger partial charge in [0.1, 0.15) is 0 Å². The number of hydrogen-bond donors (Lipinski definition) is 2. The van der Waals surface area contributed by atoms with Gasteiger partial charge in [0, 0.05) is 12.6 Å². The molecule has 2 atom stereocenters. The molecule has 0 heterocycles. The van der Waals surface area contributed by atoms with Crippen LogP contribution in [0, 0.1) is 5.92 Å². The van der Waals surface area contributed by atoms with Crippen molar-refractivity contribution in [3.63, 3.8) is 0 Å². The summed E-state index contributed by atoms with van der Waals surface area (Å²) < 4.78 is 0. The Morgan fingerprint density at radius 3 is 1.86 bits per heavy atom. The summed E-state index contributed by atoms with van der Waals surface area (Å²) in [6.45, 7) is 8.76. The van der Waals surface area contributed by atoms with Gasteiger partial charge in [-0.3, -0.25) is 0 Å². The maximum absolute atomic E-state index is 9.69. The van der Waals surface area contributed by atoms with Crippen LogP contribution < -0.4 is 0 Å². The first-order valence-corrected chi connectivity index (χ1v) is 5.41. The zero-order valence-corrected chi connectivity index (χ0v) is 10.1. The van der Waals surface area contributed by atoms with E-state index >= 15 is 0 Å². The van der Waals surface area contributed by atoms with Crippen molar-refractivity contribution in [1.29, 1.82) is 0 Å². The molecule has 0 rings (SSSR count). The van der Waals surface area contributed by atoms with Crippen LogP contribution in [-0.4, -0.2) is 47.0 Å². The lowest BCUT2D eigenvalue weighted by molar-refractivity contribution is -0.0122. The Labute approximate surface area is 87.7 Å². The van der Waals surface area contributed by atoms with E-state index in [-0.39, 0.29) is 0 Å². The molecule has 0 aliphatic rings. The standard InChI is InChI=1S/C11H25NO2/c1-8(2)6-10(13)11(14)7-12(5)9(3)4/h8-11,13-14H,6-7H2,1-5H3/t10-,11-/m1/s1. The molecule has 0 aromatic rings. The quantitative estimate of drug-likeness (QED) is 0.679. The fourth-order valence-corrected chi connectivity index (χ4v) is 1.27. The van der Waals surface area contributed by atoms with Crippen molar-refractivity contribution in [2.45, 2.75) is 52.4 Å². The second-order valence-corrected chi connectivity index (χ2v) is 4.80. The second-order valence-electron chi connectivity index (χ2n) is 4.80. The highest BCUT2D eigenvalue weighted by Gasteiger charge is 2.19. The smallest absolute Gasteiger partial charge is 0.0925 e. The molecular weight excluding hydrogens is 178 g/mol. The van der Waals surface area contributed by atoms with Crippen LogP contribution in [0.25, 0.3) is 0 Å². The van der Waals surface area contributed by atoms with Gasteiger partial charge in [0.25, 0.3) is 0 Å². The zero-order chi connectivity index (χ0) is 11.3. The molecule has 0 saturated heterocycles. The summed E-state index contributed by atoms with van der Waals surface area (Å²) in [5, 5.41) is 19.3. The predicted molar refractivity (Wildman–Crippen MR) is 59.2 cm³/mol. The topological polar surface area (TPSA) is 43.7 Å². The fourth-order valence-electron chi connectivity index (χ4n) is 1.27. The van der Waals surface area contributed by atoms with Gasteiger partial charge in [0.2, 0.25) is 0 Å². The first-order valence-electron chi connectivity index (χ1n) is 5.41. The molecule has 0 radical (unpaired) electrons. The number of likely N-dealkylation sites (N-methyl/N-ethyl adjacent to an activating group) is 1. The van der Waals surface area contributed by atoms with Crippen molar-refractivity contribution in [2.24, 2.45) is 5.92 Å². The Bertz CT molecular complexity index is 148. The first-order chi connectivity index (χ1) is 6.34. The molecular formula is C11H25NO2. The minimum absolute atomic E-state index is 0.399. The Hall–Kier alpha value is -0.120. The normalized spacial score (nSPS) is 16.7. The monoisotopic (exact) mass is 203 g/mol. The van der Waals surface area contributed by atoms with Crippen LogP contribution in [0.15, 0.2) is 0 Å². The number of hydrogen-bond acceptors (Lipinski definition) is 3. The molecule has 14 heavy (non-hydrogen) atoms. The number of nitrogens with zero attached hydrogens (tertiary/aromatic N) is 1. The molecule has 0 aliphatic carbocycles. The van der Waals surface area contributed by atoms with E-state index in [2.05, 4.69) is 13.8 Å².